The van der Waals surface area contributed by atoms with Crippen LogP contribution in [0.4, 0.5) is 10.5 Å². The van der Waals surface area contributed by atoms with Crippen molar-refractivity contribution in [3.63, 3.8) is 0 Å². The number of aryl methyl sites for hydroxylation is 2. The molecular weight excluding hydrogens is 232 g/mol. The van der Waals surface area contributed by atoms with Crippen molar-refractivity contribution in [1.82, 2.24) is 5.32 Å². The highest BCUT2D eigenvalue weighted by molar-refractivity contribution is 6.02. The van der Waals surface area contributed by atoms with E-state index in [1.54, 1.807) is 7.11 Å². The Balaban J connectivity index is 2.93. The predicted octanol–water partition coefficient (Wildman–Crippen LogP) is 1.38. The molecule has 0 bridgehead atoms. The summed E-state index contributed by atoms with van der Waals surface area (Å²) in [4.78, 5) is 15.3. The van der Waals surface area contributed by atoms with Gasteiger partial charge >= 0.3 is 6.03 Å². The summed E-state index contributed by atoms with van der Waals surface area (Å²) in [6.07, 6.45) is 0. The minimum absolute atomic E-state index is 0.0521. The fourth-order valence-corrected chi connectivity index (χ4v) is 1.57. The third kappa shape index (κ3) is 3.38. The van der Waals surface area contributed by atoms with Gasteiger partial charge in [0.05, 0.1) is 12.8 Å². The summed E-state index contributed by atoms with van der Waals surface area (Å²) in [5.74, 6) is 0.658. The third-order valence-electron chi connectivity index (χ3n) is 2.38. The van der Waals surface area contributed by atoms with Crippen molar-refractivity contribution >= 4 is 17.7 Å². The molecule has 0 aliphatic carbocycles. The first-order valence-corrected chi connectivity index (χ1v) is 5.43. The molecule has 1 aromatic rings. The van der Waals surface area contributed by atoms with Crippen LogP contribution in [0, 0.1) is 13.8 Å². The summed E-state index contributed by atoms with van der Waals surface area (Å²) in [6.45, 7) is 3.85. The number of urea groups is 1. The van der Waals surface area contributed by atoms with Crippen LogP contribution < -0.4 is 21.1 Å². The number of anilines is 1. The molecule has 18 heavy (non-hydrogen) atoms. The Kier molecular flexibility index (Phi) is 4.53. The fraction of sp³-hybridized carbons (Fsp3) is 0.333. The van der Waals surface area contributed by atoms with Crippen LogP contribution in [-0.2, 0) is 0 Å². The summed E-state index contributed by atoms with van der Waals surface area (Å²) in [5.41, 5.74) is 7.99. The lowest BCUT2D eigenvalue weighted by Gasteiger charge is -2.14. The average molecular weight is 250 g/mol. The Morgan fingerprint density at radius 2 is 2.06 bits per heavy atom. The number of carbonyl (C=O) groups is 1. The third-order valence-corrected chi connectivity index (χ3v) is 2.38. The Bertz CT molecular complexity index is 483. The zero-order valence-electron chi connectivity index (χ0n) is 11.0. The molecule has 98 valence electrons. The molecule has 1 aromatic carbocycles. The van der Waals surface area contributed by atoms with Crippen LogP contribution in [0.25, 0.3) is 0 Å². The Morgan fingerprint density at radius 1 is 1.39 bits per heavy atom. The van der Waals surface area contributed by atoms with Crippen LogP contribution in [0.15, 0.2) is 17.1 Å². The highest BCUT2D eigenvalue weighted by Crippen LogP contribution is 2.29. The molecule has 0 heterocycles. The first-order valence-electron chi connectivity index (χ1n) is 5.43. The van der Waals surface area contributed by atoms with E-state index in [1.807, 2.05) is 26.0 Å². The van der Waals surface area contributed by atoms with Crippen LogP contribution in [0.1, 0.15) is 11.1 Å². The van der Waals surface area contributed by atoms with E-state index >= 15 is 0 Å². The maximum absolute atomic E-state index is 11.6. The van der Waals surface area contributed by atoms with Gasteiger partial charge in [-0.2, -0.15) is 0 Å². The zero-order valence-corrected chi connectivity index (χ0v) is 11.0. The Morgan fingerprint density at radius 3 is 2.61 bits per heavy atom. The molecule has 2 amide bonds. The van der Waals surface area contributed by atoms with Gasteiger partial charge in [0.25, 0.3) is 0 Å². The SMILES string of the molecule is CN=C(N)NC(=O)Nc1c(C)cc(C)cc1OC. The van der Waals surface area contributed by atoms with Gasteiger partial charge in [-0.3, -0.25) is 10.3 Å². The van der Waals surface area contributed by atoms with Gasteiger partial charge in [-0.25, -0.2) is 4.79 Å². The zero-order chi connectivity index (χ0) is 13.7. The maximum atomic E-state index is 11.6. The number of nitrogens with two attached hydrogens (primary N) is 1. The number of methoxy groups -OCH3 is 1. The van der Waals surface area contributed by atoms with Crippen LogP contribution in [-0.4, -0.2) is 26.1 Å². The first-order chi connectivity index (χ1) is 8.47. The predicted molar refractivity (Wildman–Crippen MR) is 72.2 cm³/mol. The van der Waals surface area contributed by atoms with Crippen molar-refractivity contribution in [3.05, 3.63) is 23.3 Å². The molecule has 0 saturated carbocycles. The van der Waals surface area contributed by atoms with Crippen LogP contribution in [0.5, 0.6) is 5.75 Å². The molecule has 0 aliphatic rings. The van der Waals surface area contributed by atoms with Crippen molar-refractivity contribution in [2.45, 2.75) is 13.8 Å². The fourth-order valence-electron chi connectivity index (χ4n) is 1.57. The monoisotopic (exact) mass is 250 g/mol. The van der Waals surface area contributed by atoms with Crippen LogP contribution in [0.2, 0.25) is 0 Å². The molecular formula is C12H18N4O2. The van der Waals surface area contributed by atoms with E-state index < -0.39 is 6.03 Å². The largest absolute Gasteiger partial charge is 0.495 e. The van der Waals surface area contributed by atoms with E-state index in [9.17, 15) is 4.79 Å². The second-order valence-corrected chi connectivity index (χ2v) is 3.85. The summed E-state index contributed by atoms with van der Waals surface area (Å²) >= 11 is 0. The molecule has 0 aromatic heterocycles. The van der Waals surface area contributed by atoms with E-state index in [-0.39, 0.29) is 5.96 Å². The molecule has 0 radical (unpaired) electrons. The standard InChI is InChI=1S/C12H18N4O2/c1-7-5-8(2)10(9(6-7)18-4)15-12(17)16-11(13)14-3/h5-6H,1-4H3,(H4,13,14,15,16,17). The Labute approximate surface area is 106 Å². The maximum Gasteiger partial charge on any atom is 0.326 e. The number of hydrogen-bond acceptors (Lipinski definition) is 3. The minimum atomic E-state index is -0.455. The number of nitrogens with zero attached hydrogens (tertiary/aromatic N) is 1. The number of hydrogen-bond donors (Lipinski definition) is 3. The first kappa shape index (κ1) is 13.8. The van der Waals surface area contributed by atoms with Gasteiger partial charge in [-0.15, -0.1) is 0 Å². The van der Waals surface area contributed by atoms with E-state index in [1.165, 1.54) is 7.05 Å². The molecule has 0 unspecified atom stereocenters. The lowest BCUT2D eigenvalue weighted by Crippen LogP contribution is -2.39. The summed E-state index contributed by atoms with van der Waals surface area (Å²) in [7, 11) is 3.05. The highest BCUT2D eigenvalue weighted by Gasteiger charge is 2.11. The van der Waals surface area contributed by atoms with Crippen molar-refractivity contribution < 1.29 is 9.53 Å². The molecule has 0 atom stereocenters. The van der Waals surface area contributed by atoms with Crippen molar-refractivity contribution in [2.24, 2.45) is 10.7 Å². The summed E-state index contributed by atoms with van der Waals surface area (Å²) in [6, 6.07) is 3.35. The molecule has 6 nitrogen and oxygen atoms in total. The van der Waals surface area contributed by atoms with E-state index in [4.69, 9.17) is 10.5 Å². The molecule has 0 spiro atoms. The summed E-state index contributed by atoms with van der Waals surface area (Å²) < 4.78 is 5.24. The number of nitrogens with one attached hydrogen (secondary N) is 2. The van der Waals surface area contributed by atoms with Crippen LogP contribution >= 0.6 is 0 Å². The van der Waals surface area contributed by atoms with Gasteiger partial charge in [0.1, 0.15) is 5.75 Å². The second kappa shape index (κ2) is 5.90. The lowest BCUT2D eigenvalue weighted by atomic mass is 10.1. The van der Waals surface area contributed by atoms with Gasteiger partial charge in [0.2, 0.25) is 0 Å². The summed E-state index contributed by atoms with van der Waals surface area (Å²) in [5, 5.41) is 5.08. The average Bonchev–Trinajstić information content (AvgIpc) is 2.31. The molecule has 1 rings (SSSR count). The number of carbonyl (C=O) groups excluding carboxylic acids is 1. The minimum Gasteiger partial charge on any atom is -0.495 e. The van der Waals surface area contributed by atoms with Gasteiger partial charge in [0, 0.05) is 7.05 Å². The smallest absolute Gasteiger partial charge is 0.326 e. The molecule has 0 saturated heterocycles. The number of rotatable bonds is 2. The van der Waals surface area contributed by atoms with Crippen molar-refractivity contribution in [1.29, 1.82) is 0 Å². The van der Waals surface area contributed by atoms with E-state index in [2.05, 4.69) is 15.6 Å². The number of benzene rings is 1. The Hall–Kier alpha value is -2.24. The van der Waals surface area contributed by atoms with Gasteiger partial charge in [-0.05, 0) is 31.0 Å². The van der Waals surface area contributed by atoms with E-state index in [0.717, 1.165) is 11.1 Å². The van der Waals surface area contributed by atoms with Gasteiger partial charge < -0.3 is 15.8 Å². The number of aliphatic imine (C=N–C) groups is 1. The van der Waals surface area contributed by atoms with Crippen LogP contribution in [0.3, 0.4) is 0 Å². The molecule has 4 N–H and O–H groups in total. The van der Waals surface area contributed by atoms with Gasteiger partial charge in [0.15, 0.2) is 5.96 Å². The second-order valence-electron chi connectivity index (χ2n) is 3.85. The van der Waals surface area contributed by atoms with Crippen molar-refractivity contribution in [2.75, 3.05) is 19.5 Å². The molecule has 0 fully saturated rings. The molecule has 6 heteroatoms. The topological polar surface area (TPSA) is 88.7 Å². The number of amides is 2. The number of ether oxygens (including phenoxy) is 1. The van der Waals surface area contributed by atoms with Crippen molar-refractivity contribution in [3.8, 4) is 5.75 Å². The highest BCUT2D eigenvalue weighted by atomic mass is 16.5. The molecule has 0 aliphatic heterocycles. The lowest BCUT2D eigenvalue weighted by molar-refractivity contribution is 0.256. The van der Waals surface area contributed by atoms with E-state index in [0.29, 0.717) is 11.4 Å². The quantitative estimate of drug-likeness (QED) is 0.547. The normalized spacial score (nSPS) is 11.0. The number of guanidine groups is 1. The van der Waals surface area contributed by atoms with Gasteiger partial charge in [-0.1, -0.05) is 6.07 Å².